The van der Waals surface area contributed by atoms with Gasteiger partial charge in [-0.05, 0) is 49.1 Å². The van der Waals surface area contributed by atoms with Gasteiger partial charge in [0.2, 0.25) is 0 Å². The first-order chi connectivity index (χ1) is 9.13. The van der Waals surface area contributed by atoms with Crippen LogP contribution in [0.15, 0.2) is 12.1 Å². The molecule has 2 saturated carbocycles. The minimum Gasteiger partial charge on any atom is -0.396 e. The molecule has 5 heteroatoms. The molecular weight excluding hydrogens is 240 g/mol. The van der Waals surface area contributed by atoms with Crippen LogP contribution in [0.4, 0.5) is 11.5 Å². The Labute approximate surface area is 112 Å². The fourth-order valence-electron chi connectivity index (χ4n) is 3.60. The van der Waals surface area contributed by atoms with Crippen LogP contribution in [0.5, 0.6) is 0 Å². The fraction of sp³-hybridized carbons (Fsp3) is 0.571. The molecule has 1 amide bonds. The lowest BCUT2D eigenvalue weighted by Crippen LogP contribution is -2.22. The predicted molar refractivity (Wildman–Crippen MR) is 74.6 cm³/mol. The largest absolute Gasteiger partial charge is 0.396 e. The number of pyridine rings is 1. The highest BCUT2D eigenvalue weighted by molar-refractivity contribution is 5.91. The van der Waals surface area contributed by atoms with Crippen molar-refractivity contribution in [3.63, 3.8) is 0 Å². The van der Waals surface area contributed by atoms with Crippen LogP contribution in [0.1, 0.15) is 36.2 Å². The number of nitrogen functional groups attached to an aromatic ring is 1. The van der Waals surface area contributed by atoms with Crippen molar-refractivity contribution >= 4 is 17.4 Å². The highest BCUT2D eigenvalue weighted by Gasteiger charge is 2.39. The topological polar surface area (TPSA) is 94.0 Å². The average Bonchev–Trinajstić information content (AvgIpc) is 2.99. The van der Waals surface area contributed by atoms with Gasteiger partial charge in [-0.3, -0.25) is 4.79 Å². The number of nitrogens with two attached hydrogens (primary N) is 2. The Hall–Kier alpha value is -1.78. The van der Waals surface area contributed by atoms with Crippen molar-refractivity contribution in [2.24, 2.45) is 23.5 Å². The van der Waals surface area contributed by atoms with Crippen LogP contribution in [0, 0.1) is 17.8 Å². The SMILES string of the molecule is NC(=O)c1ccc(N)c(NCC2CC3CCC2C3)n1. The molecule has 3 unspecified atom stereocenters. The first-order valence-corrected chi connectivity index (χ1v) is 6.93. The zero-order chi connectivity index (χ0) is 13.4. The quantitative estimate of drug-likeness (QED) is 0.766. The lowest BCUT2D eigenvalue weighted by molar-refractivity contribution is 0.0996. The molecule has 19 heavy (non-hydrogen) atoms. The number of primary amides is 1. The van der Waals surface area contributed by atoms with Gasteiger partial charge in [-0.25, -0.2) is 4.98 Å². The minimum atomic E-state index is -0.525. The molecule has 3 atom stereocenters. The van der Waals surface area contributed by atoms with Gasteiger partial charge in [-0.2, -0.15) is 0 Å². The van der Waals surface area contributed by atoms with Gasteiger partial charge < -0.3 is 16.8 Å². The Kier molecular flexibility index (Phi) is 3.05. The summed E-state index contributed by atoms with van der Waals surface area (Å²) in [5.41, 5.74) is 11.9. The van der Waals surface area contributed by atoms with E-state index in [4.69, 9.17) is 11.5 Å². The van der Waals surface area contributed by atoms with E-state index in [0.717, 1.165) is 24.3 Å². The standard InChI is InChI=1S/C14H20N4O/c15-11-3-4-12(13(16)19)18-14(11)17-7-10-6-8-1-2-9(10)5-8/h3-4,8-10H,1-2,5-7,15H2,(H2,16,19)(H,17,18). The summed E-state index contributed by atoms with van der Waals surface area (Å²) in [6.07, 6.45) is 5.46. The van der Waals surface area contributed by atoms with Gasteiger partial charge in [0.25, 0.3) is 5.91 Å². The van der Waals surface area contributed by atoms with Gasteiger partial charge in [0, 0.05) is 6.54 Å². The van der Waals surface area contributed by atoms with E-state index < -0.39 is 5.91 Å². The molecule has 0 aromatic carbocycles. The second kappa shape index (κ2) is 4.72. The summed E-state index contributed by atoms with van der Waals surface area (Å²) in [7, 11) is 0. The molecule has 1 heterocycles. The number of nitrogens with one attached hydrogen (secondary N) is 1. The van der Waals surface area contributed by atoms with Gasteiger partial charge in [0.1, 0.15) is 11.5 Å². The van der Waals surface area contributed by atoms with Gasteiger partial charge in [0.15, 0.2) is 0 Å². The van der Waals surface area contributed by atoms with Crippen LogP contribution >= 0.6 is 0 Å². The van der Waals surface area contributed by atoms with E-state index in [0.29, 0.717) is 11.5 Å². The summed E-state index contributed by atoms with van der Waals surface area (Å²) in [6.45, 7) is 0.889. The second-order valence-electron chi connectivity index (χ2n) is 5.81. The lowest BCUT2D eigenvalue weighted by Gasteiger charge is -2.22. The van der Waals surface area contributed by atoms with E-state index >= 15 is 0 Å². The van der Waals surface area contributed by atoms with Crippen molar-refractivity contribution in [2.45, 2.75) is 25.7 Å². The molecule has 5 nitrogen and oxygen atoms in total. The van der Waals surface area contributed by atoms with Gasteiger partial charge >= 0.3 is 0 Å². The Morgan fingerprint density at radius 1 is 1.37 bits per heavy atom. The summed E-state index contributed by atoms with van der Waals surface area (Å²) in [5, 5.41) is 3.29. The molecule has 2 aliphatic carbocycles. The van der Waals surface area contributed by atoms with E-state index in [1.54, 1.807) is 12.1 Å². The first kappa shape index (κ1) is 12.3. The number of hydrogen-bond acceptors (Lipinski definition) is 4. The van der Waals surface area contributed by atoms with Crippen LogP contribution in [0.2, 0.25) is 0 Å². The maximum Gasteiger partial charge on any atom is 0.267 e. The molecular formula is C14H20N4O. The Balaban J connectivity index is 1.66. The summed E-state index contributed by atoms with van der Waals surface area (Å²) >= 11 is 0. The number of rotatable bonds is 4. The molecule has 0 aliphatic heterocycles. The molecule has 5 N–H and O–H groups in total. The Morgan fingerprint density at radius 2 is 2.21 bits per heavy atom. The van der Waals surface area contributed by atoms with E-state index in [-0.39, 0.29) is 5.69 Å². The molecule has 0 radical (unpaired) electrons. The third kappa shape index (κ3) is 2.37. The average molecular weight is 260 g/mol. The monoisotopic (exact) mass is 260 g/mol. The highest BCUT2D eigenvalue weighted by Crippen LogP contribution is 2.48. The number of aromatic nitrogens is 1. The summed E-state index contributed by atoms with van der Waals surface area (Å²) in [5.74, 6) is 2.57. The molecule has 1 aromatic heterocycles. The van der Waals surface area contributed by atoms with E-state index in [2.05, 4.69) is 10.3 Å². The van der Waals surface area contributed by atoms with Crippen LogP contribution < -0.4 is 16.8 Å². The summed E-state index contributed by atoms with van der Waals surface area (Å²) < 4.78 is 0. The number of carbonyl (C=O) groups excluding carboxylic acids is 1. The first-order valence-electron chi connectivity index (χ1n) is 6.93. The Bertz CT molecular complexity index is 502. The molecule has 3 rings (SSSR count). The zero-order valence-electron chi connectivity index (χ0n) is 10.9. The van der Waals surface area contributed by atoms with Crippen LogP contribution in [-0.2, 0) is 0 Å². The number of anilines is 2. The summed E-state index contributed by atoms with van der Waals surface area (Å²) in [4.78, 5) is 15.3. The van der Waals surface area contributed by atoms with Crippen LogP contribution in [0.3, 0.4) is 0 Å². The molecule has 0 saturated heterocycles. The van der Waals surface area contributed by atoms with Crippen molar-refractivity contribution in [1.82, 2.24) is 4.98 Å². The van der Waals surface area contributed by atoms with Crippen molar-refractivity contribution in [3.05, 3.63) is 17.8 Å². The number of amides is 1. The van der Waals surface area contributed by atoms with Gasteiger partial charge in [-0.15, -0.1) is 0 Å². The molecule has 0 spiro atoms. The minimum absolute atomic E-state index is 0.254. The zero-order valence-corrected chi connectivity index (χ0v) is 10.9. The Morgan fingerprint density at radius 3 is 2.84 bits per heavy atom. The smallest absolute Gasteiger partial charge is 0.267 e. The van der Waals surface area contributed by atoms with E-state index in [1.807, 2.05) is 0 Å². The van der Waals surface area contributed by atoms with Crippen molar-refractivity contribution in [2.75, 3.05) is 17.6 Å². The van der Waals surface area contributed by atoms with Crippen LogP contribution in [0.25, 0.3) is 0 Å². The number of fused-ring (bicyclic) bond motifs is 2. The normalized spacial score (nSPS) is 28.5. The maximum absolute atomic E-state index is 11.1. The van der Waals surface area contributed by atoms with E-state index in [1.165, 1.54) is 25.7 Å². The molecule has 2 fully saturated rings. The fourth-order valence-corrected chi connectivity index (χ4v) is 3.60. The van der Waals surface area contributed by atoms with Gasteiger partial charge in [0.05, 0.1) is 5.69 Å². The lowest BCUT2D eigenvalue weighted by atomic mass is 9.89. The summed E-state index contributed by atoms with van der Waals surface area (Å²) in [6, 6.07) is 3.23. The third-order valence-corrected chi connectivity index (χ3v) is 4.60. The number of nitrogens with zero attached hydrogens (tertiary/aromatic N) is 1. The molecule has 1 aromatic rings. The highest BCUT2D eigenvalue weighted by atomic mass is 16.1. The van der Waals surface area contributed by atoms with Crippen molar-refractivity contribution in [1.29, 1.82) is 0 Å². The molecule has 2 aliphatic rings. The van der Waals surface area contributed by atoms with E-state index in [9.17, 15) is 4.79 Å². The van der Waals surface area contributed by atoms with Gasteiger partial charge in [-0.1, -0.05) is 6.42 Å². The molecule has 2 bridgehead atoms. The van der Waals surface area contributed by atoms with Crippen molar-refractivity contribution < 1.29 is 4.79 Å². The second-order valence-corrected chi connectivity index (χ2v) is 5.81. The molecule has 102 valence electrons. The third-order valence-electron chi connectivity index (χ3n) is 4.60. The number of carbonyl (C=O) groups is 1. The number of hydrogen-bond donors (Lipinski definition) is 3. The van der Waals surface area contributed by atoms with Crippen LogP contribution in [-0.4, -0.2) is 17.4 Å². The maximum atomic E-state index is 11.1. The van der Waals surface area contributed by atoms with Crippen molar-refractivity contribution in [3.8, 4) is 0 Å². The predicted octanol–water partition coefficient (Wildman–Crippen LogP) is 1.61.